The Kier molecular flexibility index (Phi) is 7.38. The molecule has 0 spiro atoms. The van der Waals surface area contributed by atoms with Crippen LogP contribution in [0, 0.1) is 0 Å². The van der Waals surface area contributed by atoms with Gasteiger partial charge in [0.2, 0.25) is 0 Å². The average Bonchev–Trinajstić information content (AvgIpc) is 2.70. The summed E-state index contributed by atoms with van der Waals surface area (Å²) < 4.78 is 10.3. The van der Waals surface area contributed by atoms with Gasteiger partial charge in [-0.25, -0.2) is 5.43 Å². The Balaban J connectivity index is 1.99. The fraction of sp³-hybridized carbons (Fsp3) is 0.250. The number of hydrazone groups is 1. The quantitative estimate of drug-likeness (QED) is 0.492. The van der Waals surface area contributed by atoms with Crippen LogP contribution in [0.3, 0.4) is 0 Å². The molecule has 28 heavy (non-hydrogen) atoms. The second kappa shape index (κ2) is 9.96. The Morgan fingerprint density at radius 1 is 1.11 bits per heavy atom. The normalized spacial score (nSPS) is 10.9. The van der Waals surface area contributed by atoms with Gasteiger partial charge in [0.25, 0.3) is 5.91 Å². The molecule has 0 aliphatic rings. The average molecular weight is 384 g/mol. The Morgan fingerprint density at radius 3 is 2.57 bits per heavy atom. The molecule has 0 saturated heterocycles. The molecule has 0 heterocycles. The van der Waals surface area contributed by atoms with Gasteiger partial charge in [-0.3, -0.25) is 4.79 Å². The highest BCUT2D eigenvalue weighted by Crippen LogP contribution is 2.21. The van der Waals surface area contributed by atoms with Crippen molar-refractivity contribution in [3.05, 3.63) is 53.6 Å². The predicted octanol–water partition coefficient (Wildman–Crippen LogP) is 0.948. The van der Waals surface area contributed by atoms with Crippen LogP contribution in [0.5, 0.6) is 11.5 Å². The van der Waals surface area contributed by atoms with Crippen LogP contribution < -0.4 is 25.3 Å². The minimum atomic E-state index is -1.21. The summed E-state index contributed by atoms with van der Waals surface area (Å²) in [5.41, 5.74) is 4.87. The van der Waals surface area contributed by atoms with Crippen molar-refractivity contribution in [2.75, 3.05) is 26.1 Å². The Labute approximate surface area is 163 Å². The zero-order valence-electron chi connectivity index (χ0n) is 15.9. The van der Waals surface area contributed by atoms with Crippen molar-refractivity contribution in [2.45, 2.75) is 13.3 Å². The van der Waals surface area contributed by atoms with Gasteiger partial charge in [-0.15, -0.1) is 0 Å². The number of methoxy groups -OCH3 is 2. The van der Waals surface area contributed by atoms with E-state index < -0.39 is 5.97 Å². The van der Waals surface area contributed by atoms with E-state index in [1.54, 1.807) is 38.3 Å². The Morgan fingerprint density at radius 2 is 1.89 bits per heavy atom. The standard InChI is InChI=1S/C20H23N3O5/c1-13(14-7-8-18(28-3)15(9-14)10-20(25)26)22-23-19(24)12-21-16-5-4-6-17(11-16)27-2/h4-9,11,21H,10,12H2,1-3H3,(H,23,24)(H,25,26)/p-1/b22-13-. The molecule has 0 radical (unpaired) electrons. The number of amides is 1. The van der Waals surface area contributed by atoms with Crippen molar-refractivity contribution in [3.63, 3.8) is 0 Å². The smallest absolute Gasteiger partial charge is 0.259 e. The first kappa shape index (κ1) is 20.8. The molecule has 0 aliphatic heterocycles. The highest BCUT2D eigenvalue weighted by Gasteiger charge is 2.08. The van der Waals surface area contributed by atoms with E-state index >= 15 is 0 Å². The second-order valence-electron chi connectivity index (χ2n) is 5.89. The SMILES string of the molecule is COc1cccc(NCC(=O)N/N=C(/C)c2ccc(OC)c(CC(=O)[O-])c2)c1. The molecule has 0 bridgehead atoms. The zero-order chi connectivity index (χ0) is 20.5. The molecule has 8 heteroatoms. The first-order valence-electron chi connectivity index (χ1n) is 8.51. The molecule has 0 saturated carbocycles. The summed E-state index contributed by atoms with van der Waals surface area (Å²) in [4.78, 5) is 22.9. The molecule has 8 nitrogen and oxygen atoms in total. The molecule has 0 unspecified atom stereocenters. The number of carboxylic acid groups (broad SMARTS) is 1. The lowest BCUT2D eigenvalue weighted by molar-refractivity contribution is -0.304. The molecular formula is C20H22N3O5-. The monoisotopic (exact) mass is 384 g/mol. The van der Waals surface area contributed by atoms with Crippen LogP contribution in [0.2, 0.25) is 0 Å². The number of anilines is 1. The highest BCUT2D eigenvalue weighted by atomic mass is 16.5. The lowest BCUT2D eigenvalue weighted by Crippen LogP contribution is -2.27. The second-order valence-corrected chi connectivity index (χ2v) is 5.89. The number of hydrogen-bond donors (Lipinski definition) is 2. The number of benzene rings is 2. The van der Waals surface area contributed by atoms with Crippen LogP contribution in [0.4, 0.5) is 5.69 Å². The molecule has 2 N–H and O–H groups in total. The van der Waals surface area contributed by atoms with E-state index in [0.29, 0.717) is 28.3 Å². The van der Waals surface area contributed by atoms with Crippen molar-refractivity contribution >= 4 is 23.3 Å². The van der Waals surface area contributed by atoms with Crippen molar-refractivity contribution < 1.29 is 24.2 Å². The minimum Gasteiger partial charge on any atom is -0.550 e. The number of hydrogen-bond acceptors (Lipinski definition) is 7. The molecule has 0 aliphatic carbocycles. The summed E-state index contributed by atoms with van der Waals surface area (Å²) in [7, 11) is 3.03. The van der Waals surface area contributed by atoms with Gasteiger partial charge in [-0.1, -0.05) is 6.07 Å². The molecule has 0 aromatic heterocycles. The van der Waals surface area contributed by atoms with E-state index in [1.807, 2.05) is 18.2 Å². The largest absolute Gasteiger partial charge is 0.550 e. The number of nitrogens with zero attached hydrogens (tertiary/aromatic N) is 1. The maximum atomic E-state index is 12.0. The minimum absolute atomic E-state index is 0.0303. The van der Waals surface area contributed by atoms with E-state index in [4.69, 9.17) is 9.47 Å². The van der Waals surface area contributed by atoms with Crippen molar-refractivity contribution in [1.29, 1.82) is 0 Å². The number of carbonyl (C=O) groups excluding carboxylic acids is 2. The first-order chi connectivity index (χ1) is 13.4. The number of rotatable bonds is 9. The van der Waals surface area contributed by atoms with Gasteiger partial charge < -0.3 is 24.7 Å². The van der Waals surface area contributed by atoms with Crippen LogP contribution in [0.25, 0.3) is 0 Å². The van der Waals surface area contributed by atoms with Crippen LogP contribution in [0.1, 0.15) is 18.1 Å². The first-order valence-corrected chi connectivity index (χ1v) is 8.51. The summed E-state index contributed by atoms with van der Waals surface area (Å²) in [6.07, 6.45) is -0.277. The molecule has 1 amide bonds. The Bertz CT molecular complexity index is 880. The zero-order valence-corrected chi connectivity index (χ0v) is 15.9. The van der Waals surface area contributed by atoms with Crippen molar-refractivity contribution in [1.82, 2.24) is 5.43 Å². The number of aliphatic carboxylic acids is 1. The summed E-state index contributed by atoms with van der Waals surface area (Å²) >= 11 is 0. The third kappa shape index (κ3) is 6.01. The van der Waals surface area contributed by atoms with E-state index in [-0.39, 0.29) is 18.9 Å². The Hall–Kier alpha value is -3.55. The van der Waals surface area contributed by atoms with Crippen LogP contribution in [-0.4, -0.2) is 38.4 Å². The maximum Gasteiger partial charge on any atom is 0.259 e. The number of carboxylic acids is 1. The van der Waals surface area contributed by atoms with Gasteiger partial charge in [0.1, 0.15) is 11.5 Å². The van der Waals surface area contributed by atoms with Gasteiger partial charge in [-0.05, 0) is 42.8 Å². The summed E-state index contributed by atoms with van der Waals surface area (Å²) in [6, 6.07) is 12.3. The lowest BCUT2D eigenvalue weighted by Gasteiger charge is -2.11. The maximum absolute atomic E-state index is 12.0. The molecular weight excluding hydrogens is 362 g/mol. The lowest BCUT2D eigenvalue weighted by atomic mass is 10.0. The van der Waals surface area contributed by atoms with Crippen molar-refractivity contribution in [3.8, 4) is 11.5 Å². The topological polar surface area (TPSA) is 112 Å². The van der Waals surface area contributed by atoms with Gasteiger partial charge in [0.05, 0.1) is 26.5 Å². The fourth-order valence-electron chi connectivity index (χ4n) is 2.46. The summed E-state index contributed by atoms with van der Waals surface area (Å²) in [5, 5.41) is 17.9. The highest BCUT2D eigenvalue weighted by molar-refractivity contribution is 5.99. The van der Waals surface area contributed by atoms with Gasteiger partial charge in [-0.2, -0.15) is 5.10 Å². The predicted molar refractivity (Wildman–Crippen MR) is 104 cm³/mol. The van der Waals surface area contributed by atoms with E-state index in [9.17, 15) is 14.7 Å². The van der Waals surface area contributed by atoms with Gasteiger partial charge in [0.15, 0.2) is 0 Å². The van der Waals surface area contributed by atoms with Crippen LogP contribution >= 0.6 is 0 Å². The summed E-state index contributed by atoms with van der Waals surface area (Å²) in [5.74, 6) is -0.397. The number of carbonyl (C=O) groups is 2. The fourth-order valence-corrected chi connectivity index (χ4v) is 2.46. The van der Waals surface area contributed by atoms with E-state index in [2.05, 4.69) is 15.8 Å². The third-order valence-electron chi connectivity index (χ3n) is 3.90. The number of nitrogens with one attached hydrogen (secondary N) is 2. The molecule has 148 valence electrons. The number of ether oxygens (including phenoxy) is 2. The van der Waals surface area contributed by atoms with Crippen LogP contribution in [0.15, 0.2) is 47.6 Å². The molecule has 0 atom stereocenters. The molecule has 2 aromatic rings. The van der Waals surface area contributed by atoms with E-state index in [0.717, 1.165) is 5.69 Å². The van der Waals surface area contributed by atoms with Gasteiger partial charge in [0, 0.05) is 29.7 Å². The van der Waals surface area contributed by atoms with Gasteiger partial charge >= 0.3 is 0 Å². The van der Waals surface area contributed by atoms with Crippen molar-refractivity contribution in [2.24, 2.45) is 5.10 Å². The molecule has 0 fully saturated rings. The third-order valence-corrected chi connectivity index (χ3v) is 3.90. The van der Waals surface area contributed by atoms with E-state index in [1.165, 1.54) is 7.11 Å². The molecule has 2 rings (SSSR count). The van der Waals surface area contributed by atoms with Crippen LogP contribution in [-0.2, 0) is 16.0 Å². The summed E-state index contributed by atoms with van der Waals surface area (Å²) in [6.45, 7) is 1.74. The molecule has 2 aromatic carbocycles.